The van der Waals surface area contributed by atoms with E-state index in [1.54, 1.807) is 0 Å². The highest BCUT2D eigenvalue weighted by atomic mass is 32.2. The van der Waals surface area contributed by atoms with Gasteiger partial charge in [0.1, 0.15) is 16.9 Å². The van der Waals surface area contributed by atoms with Crippen LogP contribution in [0.2, 0.25) is 0 Å². The van der Waals surface area contributed by atoms with Gasteiger partial charge < -0.3 is 20.7 Å². The highest BCUT2D eigenvalue weighted by Gasteiger charge is 2.57. The van der Waals surface area contributed by atoms with Crippen molar-refractivity contribution in [1.29, 1.82) is 0 Å². The van der Waals surface area contributed by atoms with Crippen molar-refractivity contribution in [3.63, 3.8) is 0 Å². The third-order valence-corrected chi connectivity index (χ3v) is 4.33. The maximum Gasteiger partial charge on any atom is 0.404 e. The number of carbonyl (C=O) groups is 3. The van der Waals surface area contributed by atoms with Gasteiger partial charge >= 0.3 is 12.1 Å². The summed E-state index contributed by atoms with van der Waals surface area (Å²) in [4.78, 5) is 34.7. The maximum absolute atomic E-state index is 11.9. The molecule has 2 aliphatic rings. The van der Waals surface area contributed by atoms with Crippen LogP contribution in [-0.4, -0.2) is 51.2 Å². The fourth-order valence-electron chi connectivity index (χ4n) is 2.09. The van der Waals surface area contributed by atoms with Crippen LogP contribution in [0.4, 0.5) is 4.79 Å². The molecule has 2 rings (SSSR count). The fraction of sp³-hybridized carbons (Fsp3) is 0.500. The molecule has 9 heteroatoms. The molecule has 8 nitrogen and oxygen atoms in total. The summed E-state index contributed by atoms with van der Waals surface area (Å²) in [6.07, 6.45) is -1.92. The zero-order valence-electron chi connectivity index (χ0n) is 9.90. The Morgan fingerprint density at radius 3 is 2.68 bits per heavy atom. The van der Waals surface area contributed by atoms with Gasteiger partial charge in [-0.05, 0) is 6.92 Å². The Kier molecular flexibility index (Phi) is 3.42. The summed E-state index contributed by atoms with van der Waals surface area (Å²) >= 11 is 0.962. The van der Waals surface area contributed by atoms with Crippen LogP contribution in [-0.2, 0) is 14.3 Å². The quantitative estimate of drug-likeness (QED) is 0.582. The van der Waals surface area contributed by atoms with E-state index >= 15 is 0 Å². The van der Waals surface area contributed by atoms with Gasteiger partial charge in [0.15, 0.2) is 0 Å². The minimum atomic E-state index is -1.21. The van der Waals surface area contributed by atoms with E-state index in [4.69, 9.17) is 10.8 Å². The van der Waals surface area contributed by atoms with Crippen molar-refractivity contribution in [3.8, 4) is 0 Å². The number of thioether (sulfide) groups is 1. The van der Waals surface area contributed by atoms with Crippen LogP contribution in [0.5, 0.6) is 0 Å². The molecule has 0 aromatic heterocycles. The number of carboxylic acid groups (broad SMARTS) is 1. The molecule has 0 aromatic carbocycles. The molecule has 0 unspecified atom stereocenters. The summed E-state index contributed by atoms with van der Waals surface area (Å²) in [5.41, 5.74) is 4.92. The van der Waals surface area contributed by atoms with Crippen molar-refractivity contribution in [2.45, 2.75) is 18.4 Å². The first kappa shape index (κ1) is 13.7. The van der Waals surface area contributed by atoms with Gasteiger partial charge in [-0.1, -0.05) is 11.8 Å². The van der Waals surface area contributed by atoms with Gasteiger partial charge in [0.2, 0.25) is 5.91 Å². The fourth-order valence-corrected chi connectivity index (χ4v) is 3.55. The molecule has 0 aliphatic carbocycles. The minimum Gasteiger partial charge on any atom is -0.477 e. The van der Waals surface area contributed by atoms with Crippen LogP contribution in [0, 0.1) is 5.92 Å². The number of hydrogen-bond donors (Lipinski definition) is 3. The van der Waals surface area contributed by atoms with Crippen LogP contribution in [0.1, 0.15) is 6.92 Å². The van der Waals surface area contributed by atoms with Gasteiger partial charge in [0.05, 0.1) is 17.7 Å². The third-order valence-electron chi connectivity index (χ3n) is 2.94. The molecule has 0 spiro atoms. The predicted octanol–water partition coefficient (Wildman–Crippen LogP) is -0.710. The van der Waals surface area contributed by atoms with Gasteiger partial charge in [0, 0.05) is 0 Å². The molecule has 4 N–H and O–H groups in total. The molecule has 2 heterocycles. The SMILES string of the molecule is C[C@@H](O)[C@H]1C(=O)N2C(COC(N)=O)=C(C(=O)O)S[C@H]12. The number of nitrogens with zero attached hydrogens (tertiary/aromatic N) is 1. The molecule has 0 bridgehead atoms. The summed E-state index contributed by atoms with van der Waals surface area (Å²) in [5.74, 6) is -2.24. The molecule has 2 amide bonds. The minimum absolute atomic E-state index is 0.0669. The van der Waals surface area contributed by atoms with Crippen LogP contribution in [0.15, 0.2) is 10.6 Å². The Hall–Kier alpha value is -1.74. The lowest BCUT2D eigenvalue weighted by atomic mass is 9.92. The summed E-state index contributed by atoms with van der Waals surface area (Å²) < 4.78 is 4.55. The van der Waals surface area contributed by atoms with Crippen molar-refractivity contribution < 1.29 is 29.3 Å². The van der Waals surface area contributed by atoms with Crippen LogP contribution < -0.4 is 5.73 Å². The number of nitrogens with two attached hydrogens (primary N) is 1. The standard InChI is InChI=1S/C10H12N2O6S/c1-3(13)5-7(14)12-4(2-18-10(11)17)6(9(15)16)19-8(5)12/h3,5,8,13H,2H2,1H3,(H2,11,17)(H,15,16)/t3-,5+,8-/m1/s1. The highest BCUT2D eigenvalue weighted by Crippen LogP contribution is 2.50. The lowest BCUT2D eigenvalue weighted by Crippen LogP contribution is -2.60. The van der Waals surface area contributed by atoms with Crippen molar-refractivity contribution in [3.05, 3.63) is 10.6 Å². The Morgan fingerprint density at radius 1 is 1.58 bits per heavy atom. The van der Waals surface area contributed by atoms with E-state index in [1.807, 2.05) is 0 Å². The van der Waals surface area contributed by atoms with E-state index < -0.39 is 29.5 Å². The first-order valence-corrected chi connectivity index (χ1v) is 6.29. The Balaban J connectivity index is 2.22. The first-order chi connectivity index (χ1) is 8.84. The number of hydrogen-bond acceptors (Lipinski definition) is 6. The lowest BCUT2D eigenvalue weighted by molar-refractivity contribution is -0.153. The van der Waals surface area contributed by atoms with Crippen molar-refractivity contribution in [2.24, 2.45) is 11.7 Å². The second-order valence-corrected chi connectivity index (χ2v) is 5.30. The molecule has 19 heavy (non-hydrogen) atoms. The maximum atomic E-state index is 11.9. The summed E-state index contributed by atoms with van der Waals surface area (Å²) in [6, 6.07) is 0. The molecular formula is C10H12N2O6S. The largest absolute Gasteiger partial charge is 0.477 e. The number of carboxylic acids is 1. The number of carbonyl (C=O) groups excluding carboxylic acids is 2. The second kappa shape index (κ2) is 4.74. The smallest absolute Gasteiger partial charge is 0.404 e. The van der Waals surface area contributed by atoms with E-state index in [9.17, 15) is 19.5 Å². The van der Waals surface area contributed by atoms with E-state index in [1.165, 1.54) is 11.8 Å². The van der Waals surface area contributed by atoms with E-state index in [0.29, 0.717) is 0 Å². The van der Waals surface area contributed by atoms with E-state index in [2.05, 4.69) is 4.74 Å². The molecule has 104 valence electrons. The van der Waals surface area contributed by atoms with Gasteiger partial charge in [0.25, 0.3) is 0 Å². The van der Waals surface area contributed by atoms with Crippen molar-refractivity contribution >= 4 is 29.7 Å². The summed E-state index contributed by atoms with van der Waals surface area (Å²) in [5, 5.41) is 18.1. The zero-order chi connectivity index (χ0) is 14.3. The number of fused-ring (bicyclic) bond motifs is 1. The van der Waals surface area contributed by atoms with E-state index in [-0.39, 0.29) is 23.1 Å². The number of aliphatic carboxylic acids is 1. The van der Waals surface area contributed by atoms with Crippen molar-refractivity contribution in [2.75, 3.05) is 6.61 Å². The topological polar surface area (TPSA) is 130 Å². The molecule has 0 saturated carbocycles. The number of ether oxygens (including phenoxy) is 1. The van der Waals surface area contributed by atoms with Gasteiger partial charge in [-0.2, -0.15) is 0 Å². The molecule has 0 radical (unpaired) electrons. The zero-order valence-corrected chi connectivity index (χ0v) is 10.7. The van der Waals surface area contributed by atoms with Crippen LogP contribution >= 0.6 is 11.8 Å². The lowest BCUT2D eigenvalue weighted by Gasteiger charge is -2.44. The Morgan fingerprint density at radius 2 is 2.21 bits per heavy atom. The van der Waals surface area contributed by atoms with Gasteiger partial charge in [-0.25, -0.2) is 9.59 Å². The third kappa shape index (κ3) is 2.15. The average molecular weight is 288 g/mol. The monoisotopic (exact) mass is 288 g/mol. The van der Waals surface area contributed by atoms with Gasteiger partial charge in [-0.15, -0.1) is 0 Å². The summed E-state index contributed by atoms with van der Waals surface area (Å²) in [7, 11) is 0. The van der Waals surface area contributed by atoms with Crippen molar-refractivity contribution in [1.82, 2.24) is 4.90 Å². The number of aliphatic hydroxyl groups excluding tert-OH is 1. The Bertz CT molecular complexity index is 488. The average Bonchev–Trinajstić information content (AvgIpc) is 2.60. The van der Waals surface area contributed by atoms with Crippen LogP contribution in [0.25, 0.3) is 0 Å². The normalized spacial score (nSPS) is 26.8. The Labute approximate surface area is 112 Å². The van der Waals surface area contributed by atoms with Gasteiger partial charge in [-0.3, -0.25) is 9.69 Å². The number of amides is 2. The molecule has 1 fully saturated rings. The number of aliphatic hydroxyl groups is 1. The van der Waals surface area contributed by atoms with Crippen LogP contribution in [0.3, 0.4) is 0 Å². The molecule has 3 atom stereocenters. The molecule has 0 aromatic rings. The molecular weight excluding hydrogens is 276 g/mol. The molecule has 1 saturated heterocycles. The first-order valence-electron chi connectivity index (χ1n) is 5.41. The number of rotatable bonds is 4. The number of β-lactam (4-membered cyclic amide) rings is 1. The second-order valence-electron chi connectivity index (χ2n) is 4.17. The molecule has 2 aliphatic heterocycles. The summed E-state index contributed by atoms with van der Waals surface area (Å²) in [6.45, 7) is 1.09. The highest BCUT2D eigenvalue weighted by molar-refractivity contribution is 8.04. The van der Waals surface area contributed by atoms with E-state index in [0.717, 1.165) is 11.8 Å². The predicted molar refractivity (Wildman–Crippen MR) is 63.6 cm³/mol. The number of primary amides is 1.